The molecule has 1 aromatic carbocycles. The molecule has 1 aliphatic rings. The molecule has 2 heteroatoms. The molecule has 2 nitrogen and oxygen atoms in total. The summed E-state index contributed by atoms with van der Waals surface area (Å²) in [6, 6.07) is 9.95. The van der Waals surface area contributed by atoms with Crippen LogP contribution in [0.1, 0.15) is 24.5 Å². The van der Waals surface area contributed by atoms with Gasteiger partial charge in [-0.25, -0.2) is 0 Å². The van der Waals surface area contributed by atoms with Crippen molar-refractivity contribution in [1.82, 2.24) is 0 Å². The van der Waals surface area contributed by atoms with E-state index in [9.17, 15) is 5.11 Å². The van der Waals surface area contributed by atoms with Crippen LogP contribution in [0.5, 0.6) is 0 Å². The Morgan fingerprint density at radius 1 is 1.14 bits per heavy atom. The summed E-state index contributed by atoms with van der Waals surface area (Å²) in [5, 5.41) is 9.96. The molecule has 14 heavy (non-hydrogen) atoms. The topological polar surface area (TPSA) is 24.7 Å². The highest BCUT2D eigenvalue weighted by Gasteiger charge is 2.19. The number of quaternary nitrogens is 1. The maximum absolute atomic E-state index is 9.96. The van der Waals surface area contributed by atoms with Gasteiger partial charge in [-0.2, -0.15) is 0 Å². The molecule has 1 aliphatic heterocycles. The molecule has 2 N–H and O–H groups in total. The van der Waals surface area contributed by atoms with Gasteiger partial charge in [-0.3, -0.25) is 0 Å². The zero-order chi connectivity index (χ0) is 9.80. The molecule has 76 valence electrons. The molecule has 0 spiro atoms. The van der Waals surface area contributed by atoms with E-state index in [1.807, 2.05) is 30.3 Å². The average molecular weight is 192 g/mol. The first-order chi connectivity index (χ1) is 6.86. The molecule has 0 aromatic heterocycles. The molecule has 1 fully saturated rings. The van der Waals surface area contributed by atoms with E-state index in [-0.39, 0.29) is 6.10 Å². The van der Waals surface area contributed by atoms with Gasteiger partial charge in [0.2, 0.25) is 0 Å². The minimum atomic E-state index is -0.288. The molecule has 0 radical (unpaired) electrons. The van der Waals surface area contributed by atoms with E-state index < -0.39 is 0 Å². The number of hydrogen-bond donors (Lipinski definition) is 2. The van der Waals surface area contributed by atoms with Gasteiger partial charge in [0.25, 0.3) is 0 Å². The molecule has 1 aromatic rings. The molecule has 2 rings (SSSR count). The Morgan fingerprint density at radius 3 is 2.43 bits per heavy atom. The first kappa shape index (κ1) is 9.69. The Hall–Kier alpha value is -0.860. The van der Waals surface area contributed by atoms with Crippen LogP contribution in [0.15, 0.2) is 30.3 Å². The maximum Gasteiger partial charge on any atom is 0.128 e. The quantitative estimate of drug-likeness (QED) is 0.712. The van der Waals surface area contributed by atoms with Crippen LogP contribution in [0.4, 0.5) is 0 Å². The van der Waals surface area contributed by atoms with Gasteiger partial charge in [0.15, 0.2) is 0 Å². The van der Waals surface area contributed by atoms with Crippen molar-refractivity contribution in [2.24, 2.45) is 0 Å². The summed E-state index contributed by atoms with van der Waals surface area (Å²) in [6.07, 6.45) is 2.34. The van der Waals surface area contributed by atoms with Gasteiger partial charge in [-0.15, -0.1) is 0 Å². The normalized spacial score (nSPS) is 19.8. The van der Waals surface area contributed by atoms with Crippen molar-refractivity contribution < 1.29 is 10.0 Å². The molecule has 0 bridgehead atoms. The molecular weight excluding hydrogens is 174 g/mol. The largest absolute Gasteiger partial charge is 0.382 e. The second-order valence-corrected chi connectivity index (χ2v) is 4.09. The summed E-state index contributed by atoms with van der Waals surface area (Å²) in [6.45, 7) is 3.32. The van der Waals surface area contributed by atoms with Crippen molar-refractivity contribution in [3.8, 4) is 0 Å². The first-order valence-electron chi connectivity index (χ1n) is 5.43. The fraction of sp³-hybridized carbons (Fsp3) is 0.500. The third kappa shape index (κ3) is 2.34. The summed E-state index contributed by atoms with van der Waals surface area (Å²) in [4.78, 5) is 1.54. The van der Waals surface area contributed by atoms with Gasteiger partial charge in [-0.1, -0.05) is 30.3 Å². The lowest BCUT2D eigenvalue weighted by Crippen LogP contribution is -3.10. The molecule has 0 unspecified atom stereocenters. The summed E-state index contributed by atoms with van der Waals surface area (Å²) in [5.74, 6) is 0. The van der Waals surface area contributed by atoms with E-state index in [0.29, 0.717) is 0 Å². The van der Waals surface area contributed by atoms with Gasteiger partial charge in [0.1, 0.15) is 12.6 Å². The Kier molecular flexibility index (Phi) is 3.17. The highest BCUT2D eigenvalue weighted by molar-refractivity contribution is 5.17. The van der Waals surface area contributed by atoms with E-state index in [0.717, 1.165) is 12.1 Å². The van der Waals surface area contributed by atoms with Crippen LogP contribution in [-0.2, 0) is 0 Å². The third-order valence-electron chi connectivity index (χ3n) is 2.98. The lowest BCUT2D eigenvalue weighted by molar-refractivity contribution is -0.891. The number of likely N-dealkylation sites (tertiary alicyclic amines) is 1. The van der Waals surface area contributed by atoms with Crippen LogP contribution in [0.3, 0.4) is 0 Å². The van der Waals surface area contributed by atoms with Crippen LogP contribution < -0.4 is 4.90 Å². The molecule has 1 atom stereocenters. The monoisotopic (exact) mass is 192 g/mol. The standard InChI is InChI=1S/C12H17NO/c14-12(10-13-8-4-5-9-13)11-6-2-1-3-7-11/h1-3,6-7,12,14H,4-5,8-10H2/p+1/t12-/m1/s1. The number of nitrogens with one attached hydrogen (secondary N) is 1. The fourth-order valence-corrected chi connectivity index (χ4v) is 2.15. The molecule has 0 aliphatic carbocycles. The summed E-state index contributed by atoms with van der Waals surface area (Å²) >= 11 is 0. The van der Waals surface area contributed by atoms with E-state index in [4.69, 9.17) is 0 Å². The summed E-state index contributed by atoms with van der Waals surface area (Å²) < 4.78 is 0. The first-order valence-corrected chi connectivity index (χ1v) is 5.43. The second kappa shape index (κ2) is 4.58. The predicted octanol–water partition coefficient (Wildman–Crippen LogP) is 0.399. The third-order valence-corrected chi connectivity index (χ3v) is 2.98. The zero-order valence-corrected chi connectivity index (χ0v) is 8.45. The number of benzene rings is 1. The number of hydrogen-bond acceptors (Lipinski definition) is 1. The summed E-state index contributed by atoms with van der Waals surface area (Å²) in [7, 11) is 0. The highest BCUT2D eigenvalue weighted by atomic mass is 16.3. The number of aliphatic hydroxyl groups is 1. The second-order valence-electron chi connectivity index (χ2n) is 4.09. The molecule has 1 saturated heterocycles. The van der Waals surface area contributed by atoms with Gasteiger partial charge in [-0.05, 0) is 5.56 Å². The van der Waals surface area contributed by atoms with Crippen molar-refractivity contribution in [3.63, 3.8) is 0 Å². The van der Waals surface area contributed by atoms with Crippen molar-refractivity contribution in [3.05, 3.63) is 35.9 Å². The summed E-state index contributed by atoms with van der Waals surface area (Å²) in [5.41, 5.74) is 1.05. The van der Waals surface area contributed by atoms with Gasteiger partial charge in [0, 0.05) is 12.8 Å². The number of rotatable bonds is 3. The molecule has 1 heterocycles. The Labute approximate surface area is 85.2 Å². The lowest BCUT2D eigenvalue weighted by Gasteiger charge is -2.16. The van der Waals surface area contributed by atoms with E-state index in [2.05, 4.69) is 0 Å². The van der Waals surface area contributed by atoms with E-state index in [1.54, 1.807) is 4.90 Å². The van der Waals surface area contributed by atoms with Crippen molar-refractivity contribution in [2.45, 2.75) is 18.9 Å². The molecule has 0 amide bonds. The number of aliphatic hydroxyl groups excluding tert-OH is 1. The van der Waals surface area contributed by atoms with E-state index in [1.165, 1.54) is 25.9 Å². The smallest absolute Gasteiger partial charge is 0.128 e. The molecular formula is C12H18NO+. The Balaban J connectivity index is 1.92. The van der Waals surface area contributed by atoms with E-state index >= 15 is 0 Å². The van der Waals surface area contributed by atoms with Crippen LogP contribution in [0.25, 0.3) is 0 Å². The van der Waals surface area contributed by atoms with Crippen molar-refractivity contribution in [1.29, 1.82) is 0 Å². The van der Waals surface area contributed by atoms with Gasteiger partial charge < -0.3 is 10.0 Å². The highest BCUT2D eigenvalue weighted by Crippen LogP contribution is 2.09. The Morgan fingerprint density at radius 2 is 1.79 bits per heavy atom. The van der Waals surface area contributed by atoms with Gasteiger partial charge >= 0.3 is 0 Å². The van der Waals surface area contributed by atoms with Crippen LogP contribution in [0.2, 0.25) is 0 Å². The van der Waals surface area contributed by atoms with Crippen LogP contribution in [-0.4, -0.2) is 24.7 Å². The van der Waals surface area contributed by atoms with Crippen molar-refractivity contribution >= 4 is 0 Å². The van der Waals surface area contributed by atoms with Gasteiger partial charge in [0.05, 0.1) is 13.1 Å². The maximum atomic E-state index is 9.96. The molecule has 0 saturated carbocycles. The lowest BCUT2D eigenvalue weighted by atomic mass is 10.1. The Bertz CT molecular complexity index is 267. The minimum absolute atomic E-state index is 0.288. The van der Waals surface area contributed by atoms with Crippen molar-refractivity contribution in [2.75, 3.05) is 19.6 Å². The van der Waals surface area contributed by atoms with Crippen LogP contribution >= 0.6 is 0 Å². The minimum Gasteiger partial charge on any atom is -0.382 e. The fourth-order valence-electron chi connectivity index (χ4n) is 2.15. The van der Waals surface area contributed by atoms with Crippen LogP contribution in [0, 0.1) is 0 Å². The SMILES string of the molecule is O[C@H](C[NH+]1CCCC1)c1ccccc1. The average Bonchev–Trinajstić information content (AvgIpc) is 2.72. The zero-order valence-electron chi connectivity index (χ0n) is 8.45. The predicted molar refractivity (Wildman–Crippen MR) is 56.2 cm³/mol.